The van der Waals surface area contributed by atoms with Crippen LogP contribution in [0.15, 0.2) is 30.9 Å². The molecule has 0 fully saturated rings. The summed E-state index contributed by atoms with van der Waals surface area (Å²) in [5.41, 5.74) is 0. The molecule has 2 heterocycles. The summed E-state index contributed by atoms with van der Waals surface area (Å²) in [6.45, 7) is 0. The van der Waals surface area contributed by atoms with Crippen LogP contribution in [0.25, 0.3) is 0 Å². The number of nitrogens with zero attached hydrogens (tertiary/aromatic N) is 3. The summed E-state index contributed by atoms with van der Waals surface area (Å²) < 4.78 is 17.9. The van der Waals surface area contributed by atoms with Crippen molar-refractivity contribution in [3.05, 3.63) is 41.8 Å². The molecule has 76 valence electrons. The van der Waals surface area contributed by atoms with Gasteiger partial charge >= 0.3 is 0 Å². The first-order valence-corrected chi connectivity index (χ1v) is 4.38. The van der Waals surface area contributed by atoms with Gasteiger partial charge in [0.05, 0.1) is 17.3 Å². The van der Waals surface area contributed by atoms with Crippen LogP contribution in [0.2, 0.25) is 5.02 Å². The van der Waals surface area contributed by atoms with Crippen molar-refractivity contribution < 1.29 is 9.13 Å². The first-order chi connectivity index (χ1) is 7.24. The summed E-state index contributed by atoms with van der Waals surface area (Å²) in [6, 6.07) is 2.62. The molecule has 6 heteroatoms. The minimum Gasteiger partial charge on any atom is -0.437 e. The number of aromatic nitrogens is 3. The molecule has 0 saturated heterocycles. The second-order valence-corrected chi connectivity index (χ2v) is 3.06. The van der Waals surface area contributed by atoms with Gasteiger partial charge < -0.3 is 4.74 Å². The summed E-state index contributed by atoms with van der Waals surface area (Å²) in [6.07, 6.45) is 3.99. The third-order valence-electron chi connectivity index (χ3n) is 1.51. The van der Waals surface area contributed by atoms with Crippen molar-refractivity contribution in [3.8, 4) is 11.6 Å². The lowest BCUT2D eigenvalue weighted by molar-refractivity contribution is 0.449. The molecule has 4 nitrogen and oxygen atoms in total. The van der Waals surface area contributed by atoms with Crippen molar-refractivity contribution in [2.75, 3.05) is 0 Å². The maximum atomic E-state index is 12.7. The average Bonchev–Trinajstić information content (AvgIpc) is 2.17. The van der Waals surface area contributed by atoms with Gasteiger partial charge in [-0.15, -0.1) is 0 Å². The van der Waals surface area contributed by atoms with Crippen LogP contribution in [0, 0.1) is 5.95 Å². The Morgan fingerprint density at radius 1 is 1.20 bits per heavy atom. The van der Waals surface area contributed by atoms with Gasteiger partial charge in [-0.3, -0.25) is 4.98 Å². The highest BCUT2D eigenvalue weighted by atomic mass is 35.5. The zero-order valence-corrected chi connectivity index (χ0v) is 8.15. The van der Waals surface area contributed by atoms with Gasteiger partial charge in [0.25, 0.3) is 0 Å². The zero-order chi connectivity index (χ0) is 10.7. The van der Waals surface area contributed by atoms with Crippen LogP contribution in [-0.4, -0.2) is 15.0 Å². The molecule has 0 amide bonds. The maximum Gasteiger partial charge on any atom is 0.225 e. The Labute approximate surface area is 89.7 Å². The lowest BCUT2D eigenvalue weighted by atomic mass is 10.4. The summed E-state index contributed by atoms with van der Waals surface area (Å²) in [4.78, 5) is 10.8. The van der Waals surface area contributed by atoms with E-state index in [1.54, 1.807) is 6.07 Å². The molecule has 0 spiro atoms. The van der Waals surface area contributed by atoms with Crippen LogP contribution in [0.3, 0.4) is 0 Å². The first kappa shape index (κ1) is 9.79. The Kier molecular flexibility index (Phi) is 2.73. The van der Waals surface area contributed by atoms with Gasteiger partial charge in [0.2, 0.25) is 11.8 Å². The van der Waals surface area contributed by atoms with Crippen LogP contribution in [-0.2, 0) is 0 Å². The molecule has 2 rings (SSSR count). The van der Waals surface area contributed by atoms with E-state index in [1.165, 1.54) is 12.4 Å². The standard InChI is InChI=1S/C9H5ClFN3O/c10-6-1-7(4-12-3-6)15-9-2-8(11)13-5-14-9/h1-5H. The monoisotopic (exact) mass is 225 g/mol. The molecule has 0 aliphatic rings. The molecule has 0 unspecified atom stereocenters. The molecule has 0 aromatic carbocycles. The molecule has 15 heavy (non-hydrogen) atoms. The fourth-order valence-corrected chi connectivity index (χ4v) is 1.11. The van der Waals surface area contributed by atoms with Crippen LogP contribution < -0.4 is 4.74 Å². The van der Waals surface area contributed by atoms with E-state index in [0.717, 1.165) is 12.4 Å². The van der Waals surface area contributed by atoms with Crippen LogP contribution >= 0.6 is 11.6 Å². The molecule has 0 bridgehead atoms. The van der Waals surface area contributed by atoms with Gasteiger partial charge in [-0.2, -0.15) is 4.39 Å². The average molecular weight is 226 g/mol. The number of rotatable bonds is 2. The quantitative estimate of drug-likeness (QED) is 0.737. The molecular formula is C9H5ClFN3O. The van der Waals surface area contributed by atoms with Crippen LogP contribution in [0.4, 0.5) is 4.39 Å². The fraction of sp³-hybridized carbons (Fsp3) is 0. The number of ether oxygens (including phenoxy) is 1. The number of hydrogen-bond donors (Lipinski definition) is 0. The highest BCUT2D eigenvalue weighted by molar-refractivity contribution is 6.30. The van der Waals surface area contributed by atoms with Crippen molar-refractivity contribution >= 4 is 11.6 Å². The predicted molar refractivity (Wildman–Crippen MR) is 51.3 cm³/mol. The molecule has 0 aliphatic carbocycles. The minimum atomic E-state index is -0.657. The molecule has 2 aromatic rings. The van der Waals surface area contributed by atoms with Gasteiger partial charge in [-0.1, -0.05) is 11.6 Å². The second kappa shape index (κ2) is 4.18. The summed E-state index contributed by atoms with van der Waals surface area (Å²) >= 11 is 5.69. The molecule has 0 aliphatic heterocycles. The Balaban J connectivity index is 2.22. The first-order valence-electron chi connectivity index (χ1n) is 4.00. The zero-order valence-electron chi connectivity index (χ0n) is 7.39. The van der Waals surface area contributed by atoms with Crippen molar-refractivity contribution in [1.29, 1.82) is 0 Å². The van der Waals surface area contributed by atoms with Crippen molar-refractivity contribution in [1.82, 2.24) is 15.0 Å². The van der Waals surface area contributed by atoms with Gasteiger partial charge in [-0.05, 0) is 0 Å². The van der Waals surface area contributed by atoms with Crippen molar-refractivity contribution in [2.45, 2.75) is 0 Å². The Morgan fingerprint density at radius 2 is 2.07 bits per heavy atom. The van der Waals surface area contributed by atoms with E-state index < -0.39 is 5.95 Å². The van der Waals surface area contributed by atoms with E-state index in [1.807, 2.05) is 0 Å². The molecule has 0 saturated carbocycles. The van der Waals surface area contributed by atoms with E-state index in [0.29, 0.717) is 10.8 Å². The summed E-state index contributed by atoms with van der Waals surface area (Å²) in [5.74, 6) is -0.165. The molecule has 0 radical (unpaired) electrons. The smallest absolute Gasteiger partial charge is 0.225 e. The number of pyridine rings is 1. The minimum absolute atomic E-state index is 0.103. The third-order valence-corrected chi connectivity index (χ3v) is 1.72. The highest BCUT2D eigenvalue weighted by Gasteiger charge is 2.01. The van der Waals surface area contributed by atoms with E-state index >= 15 is 0 Å². The Bertz CT molecular complexity index is 437. The second-order valence-electron chi connectivity index (χ2n) is 2.62. The van der Waals surface area contributed by atoms with Gasteiger partial charge in [0.15, 0.2) is 0 Å². The fourth-order valence-electron chi connectivity index (χ4n) is 0.942. The van der Waals surface area contributed by atoms with Crippen molar-refractivity contribution in [2.24, 2.45) is 0 Å². The normalized spacial score (nSPS) is 10.0. The molecular weight excluding hydrogens is 221 g/mol. The topological polar surface area (TPSA) is 47.9 Å². The van der Waals surface area contributed by atoms with E-state index in [9.17, 15) is 4.39 Å². The van der Waals surface area contributed by atoms with Crippen LogP contribution in [0.5, 0.6) is 11.6 Å². The molecule has 0 atom stereocenters. The summed E-state index contributed by atoms with van der Waals surface area (Å²) in [7, 11) is 0. The van der Waals surface area contributed by atoms with Gasteiger partial charge in [-0.25, -0.2) is 9.97 Å². The van der Waals surface area contributed by atoms with Crippen molar-refractivity contribution in [3.63, 3.8) is 0 Å². The maximum absolute atomic E-state index is 12.7. The van der Waals surface area contributed by atoms with E-state index in [4.69, 9.17) is 16.3 Å². The molecule has 2 aromatic heterocycles. The lowest BCUT2D eigenvalue weighted by Gasteiger charge is -2.03. The number of hydrogen-bond acceptors (Lipinski definition) is 4. The SMILES string of the molecule is Fc1cc(Oc2cncc(Cl)c2)ncn1. The van der Waals surface area contributed by atoms with E-state index in [-0.39, 0.29) is 5.88 Å². The lowest BCUT2D eigenvalue weighted by Crippen LogP contribution is -1.91. The van der Waals surface area contributed by atoms with E-state index in [2.05, 4.69) is 15.0 Å². The van der Waals surface area contributed by atoms with Gasteiger partial charge in [0.1, 0.15) is 12.1 Å². The van der Waals surface area contributed by atoms with Gasteiger partial charge in [0, 0.05) is 12.3 Å². The third kappa shape index (κ3) is 2.60. The molecule has 0 N–H and O–H groups in total. The number of halogens is 2. The Hall–Kier alpha value is -1.75. The predicted octanol–water partition coefficient (Wildman–Crippen LogP) is 2.46. The highest BCUT2D eigenvalue weighted by Crippen LogP contribution is 2.20. The Morgan fingerprint density at radius 3 is 2.80 bits per heavy atom. The van der Waals surface area contributed by atoms with Crippen LogP contribution in [0.1, 0.15) is 0 Å². The largest absolute Gasteiger partial charge is 0.437 e. The summed E-state index contributed by atoms with van der Waals surface area (Å²) in [5, 5.41) is 0.432.